The van der Waals surface area contributed by atoms with Crippen LogP contribution in [0.4, 0.5) is 0 Å². The van der Waals surface area contributed by atoms with E-state index in [0.29, 0.717) is 6.42 Å². The van der Waals surface area contributed by atoms with E-state index in [4.69, 9.17) is 23.7 Å². The minimum Gasteiger partial charge on any atom is -0.493 e. The molecule has 0 bridgehead atoms. The van der Waals surface area contributed by atoms with Gasteiger partial charge in [0.15, 0.2) is 23.0 Å². The van der Waals surface area contributed by atoms with Crippen molar-refractivity contribution in [3.05, 3.63) is 53.9 Å². The molecule has 0 amide bonds. The SMILES string of the molecule is COC(=O)[C@@H](Cc1ccccc1)[C@H](C)OC(=O)[C@H](C)CC(=O)c1nccc(OC)c1OCOC(C)=O. The zero-order valence-corrected chi connectivity index (χ0v) is 21.0. The minimum absolute atomic E-state index is 0.00574. The van der Waals surface area contributed by atoms with Gasteiger partial charge in [-0.25, -0.2) is 4.98 Å². The van der Waals surface area contributed by atoms with Crippen LogP contribution in [0.3, 0.4) is 0 Å². The average Bonchev–Trinajstić information content (AvgIpc) is 2.86. The van der Waals surface area contributed by atoms with Crippen LogP contribution >= 0.6 is 0 Å². The first-order chi connectivity index (χ1) is 17.2. The number of hydrogen-bond acceptors (Lipinski definition) is 10. The van der Waals surface area contributed by atoms with Crippen LogP contribution in [0.25, 0.3) is 0 Å². The fourth-order valence-corrected chi connectivity index (χ4v) is 3.40. The van der Waals surface area contributed by atoms with Gasteiger partial charge in [-0.2, -0.15) is 0 Å². The summed E-state index contributed by atoms with van der Waals surface area (Å²) in [4.78, 5) is 53.2. The number of benzene rings is 1. The normalized spacial score (nSPS) is 13.0. The van der Waals surface area contributed by atoms with Gasteiger partial charge in [-0.1, -0.05) is 37.3 Å². The van der Waals surface area contributed by atoms with Crippen molar-refractivity contribution >= 4 is 23.7 Å². The third-order valence-corrected chi connectivity index (χ3v) is 5.38. The van der Waals surface area contributed by atoms with E-state index >= 15 is 0 Å². The van der Waals surface area contributed by atoms with E-state index in [-0.39, 0.29) is 23.6 Å². The summed E-state index contributed by atoms with van der Waals surface area (Å²) in [5.41, 5.74) is 0.815. The van der Waals surface area contributed by atoms with E-state index in [0.717, 1.165) is 5.56 Å². The summed E-state index contributed by atoms with van der Waals surface area (Å²) >= 11 is 0. The maximum absolute atomic E-state index is 13.0. The first-order valence-electron chi connectivity index (χ1n) is 11.3. The Morgan fingerprint density at radius 3 is 2.28 bits per heavy atom. The molecule has 0 unspecified atom stereocenters. The molecule has 0 fully saturated rings. The average molecular weight is 502 g/mol. The zero-order valence-electron chi connectivity index (χ0n) is 21.0. The summed E-state index contributed by atoms with van der Waals surface area (Å²) in [6, 6.07) is 10.8. The highest BCUT2D eigenvalue weighted by Gasteiger charge is 2.32. The number of nitrogens with zero attached hydrogens (tertiary/aromatic N) is 1. The number of carbonyl (C=O) groups excluding carboxylic acids is 4. The first kappa shape index (κ1) is 28.3. The molecule has 1 aromatic heterocycles. The fraction of sp³-hybridized carbons (Fsp3) is 0.423. The molecule has 2 aromatic rings. The highest BCUT2D eigenvalue weighted by molar-refractivity contribution is 5.99. The molecule has 0 N–H and O–H groups in total. The van der Waals surface area contributed by atoms with Crippen molar-refractivity contribution in [3.63, 3.8) is 0 Å². The lowest BCUT2D eigenvalue weighted by molar-refractivity contribution is -0.162. The summed E-state index contributed by atoms with van der Waals surface area (Å²) in [5.74, 6) is -3.57. The Hall–Kier alpha value is -3.95. The van der Waals surface area contributed by atoms with Crippen LogP contribution in [0.15, 0.2) is 42.6 Å². The Labute approximate surface area is 209 Å². The lowest BCUT2D eigenvalue weighted by atomic mass is 9.94. The number of aromatic nitrogens is 1. The molecule has 36 heavy (non-hydrogen) atoms. The molecule has 2 rings (SSSR count). The topological polar surface area (TPSA) is 127 Å². The van der Waals surface area contributed by atoms with Gasteiger partial charge in [0.25, 0.3) is 0 Å². The van der Waals surface area contributed by atoms with Crippen LogP contribution in [0.5, 0.6) is 11.5 Å². The molecule has 3 atom stereocenters. The molecule has 0 aliphatic carbocycles. The molecule has 0 spiro atoms. The molecular formula is C26H31NO9. The number of hydrogen-bond donors (Lipinski definition) is 0. The van der Waals surface area contributed by atoms with Crippen LogP contribution in [0.2, 0.25) is 0 Å². The van der Waals surface area contributed by atoms with Crippen molar-refractivity contribution in [2.45, 2.75) is 39.7 Å². The molecule has 10 nitrogen and oxygen atoms in total. The van der Waals surface area contributed by atoms with Crippen molar-refractivity contribution in [1.82, 2.24) is 4.98 Å². The molecule has 0 aliphatic rings. The highest BCUT2D eigenvalue weighted by atomic mass is 16.7. The van der Waals surface area contributed by atoms with Gasteiger partial charge in [0, 0.05) is 25.6 Å². The van der Waals surface area contributed by atoms with Gasteiger partial charge in [-0.3, -0.25) is 19.2 Å². The van der Waals surface area contributed by atoms with Crippen molar-refractivity contribution in [2.75, 3.05) is 21.0 Å². The van der Waals surface area contributed by atoms with Crippen LogP contribution < -0.4 is 9.47 Å². The van der Waals surface area contributed by atoms with E-state index in [1.54, 1.807) is 6.92 Å². The molecule has 194 valence electrons. The second kappa shape index (κ2) is 13.8. The molecule has 0 aliphatic heterocycles. The van der Waals surface area contributed by atoms with Gasteiger partial charge < -0.3 is 23.7 Å². The van der Waals surface area contributed by atoms with E-state index in [2.05, 4.69) is 4.98 Å². The molecule has 0 saturated heterocycles. The third kappa shape index (κ3) is 8.07. The predicted octanol–water partition coefficient (Wildman–Crippen LogP) is 3.16. The number of methoxy groups -OCH3 is 2. The Morgan fingerprint density at radius 2 is 1.67 bits per heavy atom. The molecule has 10 heteroatoms. The van der Waals surface area contributed by atoms with Gasteiger partial charge in [-0.05, 0) is 18.9 Å². The van der Waals surface area contributed by atoms with Crippen molar-refractivity contribution in [1.29, 1.82) is 0 Å². The number of ketones is 1. The van der Waals surface area contributed by atoms with E-state index in [1.165, 1.54) is 40.3 Å². The summed E-state index contributed by atoms with van der Waals surface area (Å²) < 4.78 is 25.8. The van der Waals surface area contributed by atoms with Crippen LogP contribution in [0, 0.1) is 11.8 Å². The first-order valence-corrected chi connectivity index (χ1v) is 11.3. The van der Waals surface area contributed by atoms with Gasteiger partial charge >= 0.3 is 17.9 Å². The van der Waals surface area contributed by atoms with Crippen molar-refractivity contribution in [3.8, 4) is 11.5 Å². The molecule has 0 radical (unpaired) electrons. The summed E-state index contributed by atoms with van der Waals surface area (Å²) in [6.45, 7) is 3.93. The quantitative estimate of drug-likeness (QED) is 0.175. The van der Waals surface area contributed by atoms with Crippen molar-refractivity contribution in [2.24, 2.45) is 11.8 Å². The Balaban J connectivity index is 2.09. The monoisotopic (exact) mass is 501 g/mol. The number of rotatable bonds is 13. The lowest BCUT2D eigenvalue weighted by Gasteiger charge is -2.23. The molecule has 1 aromatic carbocycles. The summed E-state index contributed by atoms with van der Waals surface area (Å²) in [5, 5.41) is 0. The summed E-state index contributed by atoms with van der Waals surface area (Å²) in [6.07, 6.45) is 0.657. The number of ether oxygens (including phenoxy) is 5. The van der Waals surface area contributed by atoms with Crippen molar-refractivity contribution < 1.29 is 42.9 Å². The van der Waals surface area contributed by atoms with Gasteiger partial charge in [0.1, 0.15) is 6.10 Å². The second-order valence-electron chi connectivity index (χ2n) is 8.08. The van der Waals surface area contributed by atoms with E-state index in [9.17, 15) is 19.2 Å². The van der Waals surface area contributed by atoms with Crippen LogP contribution in [0.1, 0.15) is 43.2 Å². The highest BCUT2D eigenvalue weighted by Crippen LogP contribution is 2.31. The largest absolute Gasteiger partial charge is 0.493 e. The molecular weight excluding hydrogens is 470 g/mol. The number of esters is 3. The van der Waals surface area contributed by atoms with E-state index < -0.39 is 48.4 Å². The molecule has 1 heterocycles. The second-order valence-corrected chi connectivity index (χ2v) is 8.08. The third-order valence-electron chi connectivity index (χ3n) is 5.38. The standard InChI is InChI=1S/C26H31NO9/c1-16(13-21(29)23-24(35-15-34-18(3)28)22(32-4)11-12-27-23)25(30)36-17(2)20(26(31)33-5)14-19-9-7-6-8-10-19/h6-12,16-17,20H,13-15H2,1-5H3/t16-,17+,20+/m1/s1. The zero-order chi connectivity index (χ0) is 26.7. The van der Waals surface area contributed by atoms with Crippen LogP contribution in [-0.4, -0.2) is 55.8 Å². The smallest absolute Gasteiger partial charge is 0.312 e. The summed E-state index contributed by atoms with van der Waals surface area (Å²) in [7, 11) is 2.66. The number of pyridine rings is 1. The van der Waals surface area contributed by atoms with Crippen LogP contribution in [-0.2, 0) is 35.0 Å². The predicted molar refractivity (Wildman–Crippen MR) is 127 cm³/mol. The molecule has 0 saturated carbocycles. The van der Waals surface area contributed by atoms with E-state index in [1.807, 2.05) is 30.3 Å². The lowest BCUT2D eigenvalue weighted by Crippen LogP contribution is -2.34. The van der Waals surface area contributed by atoms with Gasteiger partial charge in [-0.15, -0.1) is 0 Å². The fourth-order valence-electron chi connectivity index (χ4n) is 3.40. The minimum atomic E-state index is -0.843. The Bertz CT molecular complexity index is 1050. The Kier molecular flexibility index (Phi) is 10.9. The number of carbonyl (C=O) groups is 4. The van der Waals surface area contributed by atoms with Gasteiger partial charge in [0.05, 0.1) is 26.1 Å². The maximum Gasteiger partial charge on any atom is 0.312 e. The van der Waals surface area contributed by atoms with Gasteiger partial charge in [0.2, 0.25) is 6.79 Å². The Morgan fingerprint density at radius 1 is 0.972 bits per heavy atom. The number of Topliss-reactive ketones (excluding diaryl/α,β-unsaturated/α-hetero) is 1. The maximum atomic E-state index is 13.0.